The van der Waals surface area contributed by atoms with Gasteiger partial charge >= 0.3 is 177 Å². The maximum Gasteiger partial charge on any atom is 1.00 e. The number of rotatable bonds is 37. The smallest absolute Gasteiger partial charge is 0.726 e. The maximum absolute atomic E-state index is 14.1. The van der Waals surface area contributed by atoms with E-state index in [0.717, 1.165) is 21.0 Å². The van der Waals surface area contributed by atoms with Gasteiger partial charge in [-0.3, -0.25) is 26.3 Å². The first-order chi connectivity index (χ1) is 50.7. The molecule has 0 radical (unpaired) electrons. The Balaban J connectivity index is 0.00000551. The van der Waals surface area contributed by atoms with Crippen molar-refractivity contribution in [1.29, 1.82) is 0 Å². The fourth-order valence-electron chi connectivity index (χ4n) is 12.1. The molecule has 5 aromatic carbocycles. The normalized spacial score (nSPS) is 27.8. The Morgan fingerprint density at radius 2 is 0.664 bits per heavy atom. The molecule has 20 atom stereocenters. The van der Waals surface area contributed by atoms with Crippen LogP contribution in [0.1, 0.15) is 41.7 Å². The summed E-state index contributed by atoms with van der Waals surface area (Å²) in [6.45, 7) is -3.68. The van der Waals surface area contributed by atoms with Crippen LogP contribution in [0.4, 0.5) is 0 Å². The number of benzene rings is 5. The fraction of sp³-hybridized carbons (Fsp3) is 0.477. The van der Waals surface area contributed by atoms with Crippen molar-refractivity contribution in [2.75, 3.05) is 27.4 Å². The van der Waals surface area contributed by atoms with Gasteiger partial charge in [0.25, 0.3) is 0 Å². The fourth-order valence-corrected chi connectivity index (χ4v) is 13.6. The number of carbonyl (C=O) groups excluding carboxylic acids is 4. The first-order valence-electron chi connectivity index (χ1n) is 32.2. The summed E-state index contributed by atoms with van der Waals surface area (Å²) < 4.78 is 259. The molecule has 113 heavy (non-hydrogen) atoms. The molecule has 4 aliphatic rings. The Kier molecular flexibility index (Phi) is 46.6. The Morgan fingerprint density at radius 3 is 0.982 bits per heavy atom. The number of hydrogen-bond donors (Lipinski definition) is 2. The SMILES string of the molecule is COc1ccc(CO[C@H]2[C@H](OCc3ccccc3)[C@@H](OS(=O)(=O)[O-])[C@H](O[C@@H]3[C@@H](NC(C)=O)[C@H](O[C@H]4[C@H](OCc5ccccc5)[C@@H](OS(=O)(=O)[O-])[C@H](O[C@@H]5[C@@H](NC(C)=O)[C@H](OC)O[C@H](COS(=O)(=O)[O-])[C@@H]5OCc5ccccc5)O[C@@H]4C(=O)[O-])O[C@H](COS(=O)(=O)[O-])[C@@H]3OCc3ccccc3)O[C@@H]2C(=O)[O-])cc1.[Na+].[Na+].[Na+].[Na+].[Na+].[Na+]. The van der Waals surface area contributed by atoms with Crippen molar-refractivity contribution in [2.45, 2.75) is 170 Å². The van der Waals surface area contributed by atoms with E-state index >= 15 is 0 Å². The molecule has 2 N–H and O–H groups in total. The molecular weight excluding hydrogens is 1650 g/mol. The number of ether oxygens (including phenoxy) is 14. The molecule has 48 heteroatoms. The van der Waals surface area contributed by atoms with E-state index in [9.17, 15) is 81.3 Å². The molecule has 0 bridgehead atoms. The van der Waals surface area contributed by atoms with Crippen LogP contribution < -0.4 is 203 Å². The molecule has 2 amide bonds. The molecule has 0 aliphatic carbocycles. The average molecular weight is 1720 g/mol. The summed E-state index contributed by atoms with van der Waals surface area (Å²) in [5, 5.41) is 32.6. The van der Waals surface area contributed by atoms with Crippen LogP contribution in [0.2, 0.25) is 0 Å². The van der Waals surface area contributed by atoms with Crippen LogP contribution in [0, 0.1) is 0 Å². The maximum atomic E-state index is 14.1. The summed E-state index contributed by atoms with van der Waals surface area (Å²) >= 11 is 0. The summed E-state index contributed by atoms with van der Waals surface area (Å²) in [6, 6.07) is 32.9. The van der Waals surface area contributed by atoms with E-state index in [4.69, 9.17) is 78.9 Å². The number of amides is 2. The van der Waals surface area contributed by atoms with E-state index in [2.05, 4.69) is 14.8 Å². The van der Waals surface area contributed by atoms with Crippen molar-refractivity contribution in [1.82, 2.24) is 10.6 Å². The van der Waals surface area contributed by atoms with Gasteiger partial charge in [0, 0.05) is 21.0 Å². The molecular formula is C65H72N2Na6O36S4. The molecule has 4 fully saturated rings. The molecule has 5 aromatic rings. The van der Waals surface area contributed by atoms with Gasteiger partial charge in [-0.25, -0.2) is 33.7 Å². The van der Waals surface area contributed by atoms with Gasteiger partial charge < -0.3 is 115 Å². The van der Waals surface area contributed by atoms with Crippen LogP contribution in [0.25, 0.3) is 0 Å². The van der Waals surface area contributed by atoms with Gasteiger partial charge in [0.1, 0.15) is 91.1 Å². The largest absolute Gasteiger partial charge is 1.00 e. The van der Waals surface area contributed by atoms with Crippen LogP contribution >= 0.6 is 0 Å². The van der Waals surface area contributed by atoms with Gasteiger partial charge in [0.05, 0.1) is 65.3 Å². The zero-order valence-electron chi connectivity index (χ0n) is 62.7. The van der Waals surface area contributed by atoms with Crippen LogP contribution in [-0.2, 0) is 172 Å². The van der Waals surface area contributed by atoms with Crippen LogP contribution in [0.3, 0.4) is 0 Å². The predicted octanol–water partition coefficient (Wildman–Crippen LogP) is -20.2. The molecule has 4 aliphatic heterocycles. The monoisotopic (exact) mass is 1720 g/mol. The van der Waals surface area contributed by atoms with Crippen LogP contribution in [0.15, 0.2) is 146 Å². The number of carbonyl (C=O) groups is 4. The van der Waals surface area contributed by atoms with Crippen LogP contribution in [0.5, 0.6) is 5.75 Å². The van der Waals surface area contributed by atoms with Gasteiger partial charge in [-0.05, 0) is 39.9 Å². The second-order valence-electron chi connectivity index (χ2n) is 24.1. The zero-order chi connectivity index (χ0) is 77.4. The van der Waals surface area contributed by atoms with Gasteiger partial charge in [-0.2, -0.15) is 0 Å². The summed E-state index contributed by atoms with van der Waals surface area (Å²) in [5.41, 5.74) is 1.57. The predicted molar refractivity (Wildman–Crippen MR) is 344 cm³/mol. The van der Waals surface area contributed by atoms with Crippen molar-refractivity contribution in [2.24, 2.45) is 0 Å². The van der Waals surface area contributed by atoms with Crippen molar-refractivity contribution in [3.05, 3.63) is 173 Å². The summed E-state index contributed by atoms with van der Waals surface area (Å²) in [6.07, 6.45) is -42.2. The van der Waals surface area contributed by atoms with Gasteiger partial charge in [0.15, 0.2) is 37.4 Å². The standard InChI is InChI=1S/C65H78N2O36S4.6Na/c1-36(68)66-46-50(48(88-29-38-17-9-5-10-18-38)44(95-62(46)87-4)34-93-104(74,75)76)97-65-59(103-107(83,84)85)54(92-32-41-23-15-8-16-24-41)55(57(101-65)61(72)73)99-63-47(67-37(2)69)51(49(45(96-63)35-94-105(77,78)79)89-30-39-19-11-6-12-20-39)98-64-58(102-106(80,81)82)53(91-31-40-21-13-7-14-22-40)52(56(100-64)60(70)71)90-33-42-25-27-43(86-3)28-26-42;;;;;;/h5-28,44-59,62-65H,29-35H2,1-4H3,(H,66,68)(H,67,69)(H,70,71)(H,72,73)(H,74,75,76)(H,77,78,79)(H,80,81,82)(H,83,84,85);;;;;;/q;6*+1/p-6/t44-,45-,46-,47-,48+,49+,50-,51-,52+,53+,54+,55+,56+,57+,58-,59-,62-,63+,64-,65-;;;;;;/m1....../s1. The van der Waals surface area contributed by atoms with Gasteiger partial charge in [-0.15, -0.1) is 0 Å². The number of carboxylic acid groups (broad SMARTS) is 2. The molecule has 0 aromatic heterocycles. The average Bonchev–Trinajstić information content (AvgIpc) is 0.758. The van der Waals surface area contributed by atoms with Gasteiger partial charge in [0.2, 0.25) is 53.4 Å². The number of aliphatic carboxylic acids is 2. The second-order valence-corrected chi connectivity index (χ2v) is 28.2. The van der Waals surface area contributed by atoms with Crippen molar-refractivity contribution in [3.63, 3.8) is 0 Å². The molecule has 0 saturated carbocycles. The van der Waals surface area contributed by atoms with Crippen molar-refractivity contribution < 1.29 is 342 Å². The van der Waals surface area contributed by atoms with E-state index < -0.39 is 234 Å². The minimum absolute atomic E-state index is 0. The number of methoxy groups -OCH3 is 2. The first kappa shape index (κ1) is 106. The van der Waals surface area contributed by atoms with E-state index in [-0.39, 0.29) is 183 Å². The quantitative estimate of drug-likeness (QED) is 0.0212. The number of carboxylic acids is 2. The molecule has 4 saturated heterocycles. The van der Waals surface area contributed by atoms with Gasteiger partial charge in [-0.1, -0.05) is 133 Å². The third-order valence-electron chi connectivity index (χ3n) is 16.5. The van der Waals surface area contributed by atoms with E-state index in [1.807, 2.05) is 0 Å². The van der Waals surface area contributed by atoms with E-state index in [1.165, 1.54) is 79.9 Å². The number of hydrogen-bond acceptors (Lipinski definition) is 36. The molecule has 38 nitrogen and oxygen atoms in total. The molecule has 0 unspecified atom stereocenters. The molecule has 0 spiro atoms. The Labute approximate surface area is 784 Å². The summed E-state index contributed by atoms with van der Waals surface area (Å²) in [5.74, 6) is -6.08. The minimum atomic E-state index is -6.22. The third kappa shape index (κ3) is 32.8. The van der Waals surface area contributed by atoms with E-state index in [1.54, 1.807) is 72.8 Å². The topological polar surface area (TPSA) is 533 Å². The summed E-state index contributed by atoms with van der Waals surface area (Å²) in [4.78, 5) is 54.8. The van der Waals surface area contributed by atoms with Crippen molar-refractivity contribution >= 4 is 65.3 Å². The molecule has 9 rings (SSSR count). The number of nitrogens with one attached hydrogen (secondary N) is 2. The summed E-state index contributed by atoms with van der Waals surface area (Å²) in [7, 11) is -21.3. The minimum Gasteiger partial charge on any atom is -0.726 e. The van der Waals surface area contributed by atoms with E-state index in [0.29, 0.717) is 28.0 Å². The molecule has 4 heterocycles. The van der Waals surface area contributed by atoms with Crippen molar-refractivity contribution in [3.8, 4) is 5.75 Å². The second kappa shape index (κ2) is 49.7. The van der Waals surface area contributed by atoms with Crippen LogP contribution in [-0.4, -0.2) is 226 Å². The first-order valence-corrected chi connectivity index (χ1v) is 37.5. The third-order valence-corrected chi connectivity index (χ3v) is 18.3. The Hall–Kier alpha value is -1.26. The molecule has 588 valence electrons. The zero-order valence-corrected chi connectivity index (χ0v) is 77.9. The Morgan fingerprint density at radius 1 is 0.363 bits per heavy atom. The Bertz CT molecular complexity index is 4220.